The highest BCUT2D eigenvalue weighted by molar-refractivity contribution is 6.31. The first-order valence-electron chi connectivity index (χ1n) is 4.61. The number of aromatic nitrogens is 1. The molecule has 0 bridgehead atoms. The van der Waals surface area contributed by atoms with E-state index >= 15 is 0 Å². The molecule has 0 saturated heterocycles. The average molecular weight is 228 g/mol. The quantitative estimate of drug-likeness (QED) is 0.701. The van der Waals surface area contributed by atoms with Gasteiger partial charge in [0.2, 0.25) is 0 Å². The van der Waals surface area contributed by atoms with Gasteiger partial charge in [-0.3, -0.25) is 0 Å². The molecule has 1 aromatic carbocycles. The molecule has 2 aromatic rings. The highest BCUT2D eigenvalue weighted by Crippen LogP contribution is 2.20. The summed E-state index contributed by atoms with van der Waals surface area (Å²) in [6.07, 6.45) is 3.07. The van der Waals surface area contributed by atoms with E-state index < -0.39 is 0 Å². The first kappa shape index (κ1) is 9.88. The third kappa shape index (κ3) is 1.89. The lowest BCUT2D eigenvalue weighted by Gasteiger charge is -2.03. The van der Waals surface area contributed by atoms with Crippen LogP contribution in [0.2, 0.25) is 5.02 Å². The Hall–Kier alpha value is -0.660. The van der Waals surface area contributed by atoms with Crippen LogP contribution in [-0.4, -0.2) is 10.4 Å². The molecule has 3 heteroatoms. The van der Waals surface area contributed by atoms with Gasteiger partial charge in [0.05, 0.1) is 0 Å². The molecule has 0 spiro atoms. The number of hydrogen-bond donors (Lipinski definition) is 0. The molecule has 0 radical (unpaired) electrons. The van der Waals surface area contributed by atoms with E-state index in [1.54, 1.807) is 0 Å². The first-order valence-corrected chi connectivity index (χ1v) is 5.53. The molecular weight excluding hydrogens is 217 g/mol. The van der Waals surface area contributed by atoms with E-state index in [-0.39, 0.29) is 0 Å². The molecule has 0 unspecified atom stereocenters. The molecule has 0 atom stereocenters. The van der Waals surface area contributed by atoms with E-state index in [1.807, 2.05) is 18.2 Å². The van der Waals surface area contributed by atoms with Crippen molar-refractivity contribution in [2.75, 3.05) is 5.88 Å². The summed E-state index contributed by atoms with van der Waals surface area (Å²) in [6, 6.07) is 8.02. The van der Waals surface area contributed by atoms with Crippen LogP contribution in [0.5, 0.6) is 0 Å². The molecule has 14 heavy (non-hydrogen) atoms. The topological polar surface area (TPSA) is 4.93 Å². The Balaban J connectivity index is 2.37. The Morgan fingerprint density at radius 2 is 2.07 bits per heavy atom. The molecular formula is C11H11Cl2N. The maximum absolute atomic E-state index is 5.90. The fourth-order valence-electron chi connectivity index (χ4n) is 1.60. The number of benzene rings is 1. The summed E-state index contributed by atoms with van der Waals surface area (Å²) < 4.78 is 2.20. The Bertz CT molecular complexity index is 434. The molecule has 74 valence electrons. The maximum Gasteiger partial charge on any atom is 0.0481 e. The monoisotopic (exact) mass is 227 g/mol. The Labute approximate surface area is 93.2 Å². The molecule has 1 nitrogen and oxygen atoms in total. The van der Waals surface area contributed by atoms with Gasteiger partial charge < -0.3 is 4.57 Å². The van der Waals surface area contributed by atoms with Crippen LogP contribution >= 0.6 is 23.2 Å². The van der Waals surface area contributed by atoms with Crippen molar-refractivity contribution in [1.82, 2.24) is 4.57 Å². The van der Waals surface area contributed by atoms with Crippen molar-refractivity contribution in [3.8, 4) is 0 Å². The molecule has 0 fully saturated rings. The van der Waals surface area contributed by atoms with Crippen molar-refractivity contribution in [3.05, 3.63) is 35.5 Å². The van der Waals surface area contributed by atoms with Gasteiger partial charge in [0.1, 0.15) is 0 Å². The third-order valence-corrected chi connectivity index (χ3v) is 2.77. The minimum Gasteiger partial charge on any atom is -0.347 e. The largest absolute Gasteiger partial charge is 0.347 e. The second kappa shape index (κ2) is 4.24. The Morgan fingerprint density at radius 3 is 2.86 bits per heavy atom. The van der Waals surface area contributed by atoms with Crippen LogP contribution in [0.3, 0.4) is 0 Å². The lowest BCUT2D eigenvalue weighted by atomic mass is 10.2. The highest BCUT2D eigenvalue weighted by atomic mass is 35.5. The minimum absolute atomic E-state index is 0.702. The number of fused-ring (bicyclic) bond motifs is 1. The fraction of sp³-hybridized carbons (Fsp3) is 0.273. The maximum atomic E-state index is 5.90. The molecule has 0 aliphatic heterocycles. The Kier molecular flexibility index (Phi) is 2.99. The molecule has 0 N–H and O–H groups in total. The Morgan fingerprint density at radius 1 is 1.21 bits per heavy atom. The predicted molar refractivity (Wildman–Crippen MR) is 62.3 cm³/mol. The van der Waals surface area contributed by atoms with Crippen LogP contribution in [0.4, 0.5) is 0 Å². The number of rotatable bonds is 3. The molecule has 0 aliphatic carbocycles. The molecule has 1 aromatic heterocycles. The van der Waals surface area contributed by atoms with Gasteiger partial charge in [-0.2, -0.15) is 0 Å². The van der Waals surface area contributed by atoms with Gasteiger partial charge in [0.15, 0.2) is 0 Å². The van der Waals surface area contributed by atoms with Crippen molar-refractivity contribution in [2.45, 2.75) is 13.0 Å². The van der Waals surface area contributed by atoms with Gasteiger partial charge in [-0.1, -0.05) is 11.6 Å². The second-order valence-electron chi connectivity index (χ2n) is 3.25. The van der Waals surface area contributed by atoms with E-state index in [0.717, 1.165) is 18.0 Å². The zero-order valence-corrected chi connectivity index (χ0v) is 9.22. The summed E-state index contributed by atoms with van der Waals surface area (Å²) >= 11 is 11.6. The number of nitrogens with zero attached hydrogens (tertiary/aromatic N) is 1. The summed E-state index contributed by atoms with van der Waals surface area (Å²) in [5.41, 5.74) is 1.22. The van der Waals surface area contributed by atoms with Gasteiger partial charge >= 0.3 is 0 Å². The lowest BCUT2D eigenvalue weighted by Crippen LogP contribution is -1.95. The standard InChI is InChI=1S/C11H11Cl2N/c12-5-1-6-14-7-4-9-8-10(13)2-3-11(9)14/h2-4,7-8H,1,5-6H2. The van der Waals surface area contributed by atoms with E-state index in [9.17, 15) is 0 Å². The first-order chi connectivity index (χ1) is 6.81. The molecule has 1 heterocycles. The second-order valence-corrected chi connectivity index (χ2v) is 4.07. The minimum atomic E-state index is 0.702. The summed E-state index contributed by atoms with van der Waals surface area (Å²) in [5, 5.41) is 1.97. The molecule has 0 saturated carbocycles. The van der Waals surface area contributed by atoms with Crippen molar-refractivity contribution >= 4 is 34.1 Å². The zero-order chi connectivity index (χ0) is 9.97. The van der Waals surface area contributed by atoms with Gasteiger partial charge in [-0.05, 0) is 30.7 Å². The number of alkyl halides is 1. The van der Waals surface area contributed by atoms with E-state index in [1.165, 1.54) is 10.9 Å². The number of hydrogen-bond acceptors (Lipinski definition) is 0. The molecule has 2 rings (SSSR count). The summed E-state index contributed by atoms with van der Waals surface area (Å²) in [5.74, 6) is 0.702. The van der Waals surface area contributed by atoms with Crippen LogP contribution < -0.4 is 0 Å². The third-order valence-electron chi connectivity index (χ3n) is 2.27. The van der Waals surface area contributed by atoms with Gasteiger partial charge in [0, 0.05) is 34.5 Å². The molecule has 0 amide bonds. The van der Waals surface area contributed by atoms with Crippen molar-refractivity contribution < 1.29 is 0 Å². The lowest BCUT2D eigenvalue weighted by molar-refractivity contribution is 0.707. The van der Waals surface area contributed by atoms with E-state index in [0.29, 0.717) is 5.88 Å². The van der Waals surface area contributed by atoms with Crippen molar-refractivity contribution in [2.24, 2.45) is 0 Å². The van der Waals surface area contributed by atoms with Crippen LogP contribution in [0.15, 0.2) is 30.5 Å². The SMILES string of the molecule is ClCCCn1ccc2cc(Cl)ccc21. The normalized spacial score (nSPS) is 11.0. The number of aryl methyl sites for hydroxylation is 1. The highest BCUT2D eigenvalue weighted by Gasteiger charge is 2.00. The van der Waals surface area contributed by atoms with Crippen LogP contribution in [0.1, 0.15) is 6.42 Å². The summed E-state index contributed by atoms with van der Waals surface area (Å²) in [6.45, 7) is 0.967. The van der Waals surface area contributed by atoms with Gasteiger partial charge in [-0.25, -0.2) is 0 Å². The van der Waals surface area contributed by atoms with Crippen LogP contribution in [0, 0.1) is 0 Å². The summed E-state index contributed by atoms with van der Waals surface area (Å²) in [7, 11) is 0. The van der Waals surface area contributed by atoms with Crippen LogP contribution in [-0.2, 0) is 6.54 Å². The summed E-state index contributed by atoms with van der Waals surface area (Å²) in [4.78, 5) is 0. The van der Waals surface area contributed by atoms with Gasteiger partial charge in [-0.15, -0.1) is 11.6 Å². The van der Waals surface area contributed by atoms with E-state index in [2.05, 4.69) is 16.8 Å². The van der Waals surface area contributed by atoms with E-state index in [4.69, 9.17) is 23.2 Å². The van der Waals surface area contributed by atoms with Crippen molar-refractivity contribution in [3.63, 3.8) is 0 Å². The van der Waals surface area contributed by atoms with Crippen LogP contribution in [0.25, 0.3) is 10.9 Å². The number of halogens is 2. The smallest absolute Gasteiger partial charge is 0.0481 e. The fourth-order valence-corrected chi connectivity index (χ4v) is 1.90. The average Bonchev–Trinajstić information content (AvgIpc) is 2.57. The van der Waals surface area contributed by atoms with Gasteiger partial charge in [0.25, 0.3) is 0 Å². The molecule has 0 aliphatic rings. The zero-order valence-electron chi connectivity index (χ0n) is 7.71. The van der Waals surface area contributed by atoms with Crippen molar-refractivity contribution in [1.29, 1.82) is 0 Å². The predicted octanol–water partition coefficient (Wildman–Crippen LogP) is 3.92.